The van der Waals surface area contributed by atoms with Crippen LogP contribution in [-0.4, -0.2) is 14.5 Å². The number of nitrogens with one attached hydrogen (secondary N) is 1. The van der Waals surface area contributed by atoms with Crippen molar-refractivity contribution < 1.29 is 0 Å². The summed E-state index contributed by atoms with van der Waals surface area (Å²) in [6.07, 6.45) is 1.79. The zero-order valence-corrected chi connectivity index (χ0v) is 13.5. The zero-order chi connectivity index (χ0) is 14.6. The van der Waals surface area contributed by atoms with Crippen molar-refractivity contribution in [1.82, 2.24) is 14.5 Å². The topological polar surface area (TPSA) is 50.7 Å². The van der Waals surface area contributed by atoms with E-state index in [1.807, 2.05) is 30.3 Å². The molecule has 6 heteroatoms. The lowest BCUT2D eigenvalue weighted by molar-refractivity contribution is 0.871. The second-order valence-electron chi connectivity index (χ2n) is 4.85. The van der Waals surface area contributed by atoms with Crippen LogP contribution in [0.15, 0.2) is 45.8 Å². The Labute approximate surface area is 132 Å². The average molecular weight is 360 g/mol. The minimum Gasteiger partial charge on any atom is -0.337 e. The molecule has 3 aromatic heterocycles. The molecule has 21 heavy (non-hydrogen) atoms. The van der Waals surface area contributed by atoms with Crippen LogP contribution in [0.2, 0.25) is 0 Å². The summed E-state index contributed by atoms with van der Waals surface area (Å²) in [6.45, 7) is 0. The van der Waals surface area contributed by atoms with Gasteiger partial charge in [0.2, 0.25) is 0 Å². The van der Waals surface area contributed by atoms with E-state index in [2.05, 4.69) is 25.9 Å². The van der Waals surface area contributed by atoms with Gasteiger partial charge in [-0.25, -0.2) is 4.98 Å². The maximum atomic E-state index is 12.2. The fraction of sp³-hybridized carbons (Fsp3) is 0.0667. The number of aromatic nitrogens is 3. The van der Waals surface area contributed by atoms with E-state index in [-0.39, 0.29) is 5.56 Å². The number of H-pyrrole nitrogens is 1. The molecule has 0 saturated heterocycles. The molecule has 4 rings (SSSR count). The van der Waals surface area contributed by atoms with E-state index in [1.165, 1.54) is 11.3 Å². The van der Waals surface area contributed by atoms with E-state index < -0.39 is 0 Å². The number of halogens is 1. The summed E-state index contributed by atoms with van der Waals surface area (Å²) in [7, 11) is 1.76. The maximum Gasteiger partial charge on any atom is 0.268 e. The van der Waals surface area contributed by atoms with E-state index in [4.69, 9.17) is 0 Å². The number of benzene rings is 1. The molecule has 4 nitrogen and oxygen atoms in total. The maximum absolute atomic E-state index is 12.2. The molecule has 0 aliphatic rings. The molecule has 0 radical (unpaired) electrons. The van der Waals surface area contributed by atoms with Gasteiger partial charge in [-0.3, -0.25) is 4.79 Å². The summed E-state index contributed by atoms with van der Waals surface area (Å²) in [6, 6.07) is 9.90. The van der Waals surface area contributed by atoms with Crippen molar-refractivity contribution in [2.45, 2.75) is 0 Å². The number of imidazole rings is 1. The number of nitrogens with zero attached hydrogens (tertiary/aromatic N) is 2. The lowest BCUT2D eigenvalue weighted by Crippen LogP contribution is -2.14. The van der Waals surface area contributed by atoms with E-state index in [1.54, 1.807) is 17.8 Å². The standard InChI is InChI=1S/C15H10BrN3OS/c1-19-7-9(16)8-6-12(21-13(8)15(19)20)14-17-10-4-2-3-5-11(10)18-14/h2-7H,1H3,(H,17,18). The zero-order valence-electron chi connectivity index (χ0n) is 11.1. The second-order valence-corrected chi connectivity index (χ2v) is 6.76. The van der Waals surface area contributed by atoms with Crippen molar-refractivity contribution >= 4 is 48.4 Å². The molecule has 0 aliphatic heterocycles. The molecule has 1 aromatic carbocycles. The van der Waals surface area contributed by atoms with Gasteiger partial charge in [0.1, 0.15) is 10.5 Å². The Morgan fingerprint density at radius 1 is 1.33 bits per heavy atom. The summed E-state index contributed by atoms with van der Waals surface area (Å²) in [5.41, 5.74) is 1.94. The van der Waals surface area contributed by atoms with Crippen LogP contribution in [0.4, 0.5) is 0 Å². The monoisotopic (exact) mass is 359 g/mol. The molecule has 1 N–H and O–H groups in total. The van der Waals surface area contributed by atoms with Gasteiger partial charge in [0.25, 0.3) is 5.56 Å². The Morgan fingerprint density at radius 2 is 2.14 bits per heavy atom. The Balaban J connectivity index is 2.00. The van der Waals surface area contributed by atoms with Crippen molar-refractivity contribution in [2.75, 3.05) is 0 Å². The Bertz CT molecular complexity index is 1010. The first-order valence-corrected chi connectivity index (χ1v) is 7.98. The lowest BCUT2D eigenvalue weighted by atomic mass is 10.3. The molecule has 0 aliphatic carbocycles. The Kier molecular flexibility index (Phi) is 2.77. The summed E-state index contributed by atoms with van der Waals surface area (Å²) in [4.78, 5) is 21.1. The molecule has 0 bridgehead atoms. The molecule has 0 unspecified atom stereocenters. The summed E-state index contributed by atoms with van der Waals surface area (Å²) >= 11 is 4.98. The molecule has 0 fully saturated rings. The molecule has 3 heterocycles. The summed E-state index contributed by atoms with van der Waals surface area (Å²) < 4.78 is 3.24. The van der Waals surface area contributed by atoms with Gasteiger partial charge in [-0.2, -0.15) is 0 Å². The number of fused-ring (bicyclic) bond motifs is 2. The van der Waals surface area contributed by atoms with Crippen LogP contribution in [0.1, 0.15) is 0 Å². The predicted molar refractivity (Wildman–Crippen MR) is 89.9 cm³/mol. The van der Waals surface area contributed by atoms with Gasteiger partial charge in [0.05, 0.1) is 15.9 Å². The number of aryl methyl sites for hydroxylation is 1. The van der Waals surface area contributed by atoms with E-state index in [0.717, 1.165) is 36.3 Å². The largest absolute Gasteiger partial charge is 0.337 e. The quantitative estimate of drug-likeness (QED) is 0.560. The van der Waals surface area contributed by atoms with Gasteiger partial charge in [-0.1, -0.05) is 12.1 Å². The highest BCUT2D eigenvalue weighted by Crippen LogP contribution is 2.34. The molecule has 0 amide bonds. The number of para-hydroxylation sites is 2. The number of thiophene rings is 1. The average Bonchev–Trinajstić information content (AvgIpc) is 3.09. The minimum absolute atomic E-state index is 0.0144. The fourth-order valence-corrected chi connectivity index (χ4v) is 4.22. The van der Waals surface area contributed by atoms with Gasteiger partial charge in [0, 0.05) is 23.1 Å². The molecular weight excluding hydrogens is 350 g/mol. The third-order valence-electron chi connectivity index (χ3n) is 3.43. The van der Waals surface area contributed by atoms with Gasteiger partial charge in [0.15, 0.2) is 0 Å². The Morgan fingerprint density at radius 3 is 2.95 bits per heavy atom. The second kappa shape index (κ2) is 4.54. The van der Waals surface area contributed by atoms with Crippen molar-refractivity contribution in [2.24, 2.45) is 7.05 Å². The van der Waals surface area contributed by atoms with Crippen LogP contribution in [0.25, 0.3) is 31.8 Å². The van der Waals surface area contributed by atoms with E-state index in [9.17, 15) is 4.79 Å². The third kappa shape index (κ3) is 1.94. The first-order valence-electron chi connectivity index (χ1n) is 6.37. The number of rotatable bonds is 1. The van der Waals surface area contributed by atoms with Crippen molar-refractivity contribution in [3.05, 3.63) is 51.4 Å². The normalized spacial score (nSPS) is 11.5. The predicted octanol–water partition coefficient (Wildman–Crippen LogP) is 3.91. The van der Waals surface area contributed by atoms with Crippen LogP contribution < -0.4 is 5.56 Å². The Hall–Kier alpha value is -1.92. The number of aromatic amines is 1. The molecule has 0 atom stereocenters. The summed E-state index contributed by atoms with van der Waals surface area (Å²) in [5, 5.41) is 0.929. The smallest absolute Gasteiger partial charge is 0.268 e. The van der Waals surface area contributed by atoms with Crippen LogP contribution in [0, 0.1) is 0 Å². The molecule has 4 aromatic rings. The van der Waals surface area contributed by atoms with Gasteiger partial charge < -0.3 is 9.55 Å². The van der Waals surface area contributed by atoms with Gasteiger partial charge in [-0.15, -0.1) is 11.3 Å². The van der Waals surface area contributed by atoms with E-state index >= 15 is 0 Å². The van der Waals surface area contributed by atoms with Gasteiger partial charge >= 0.3 is 0 Å². The van der Waals surface area contributed by atoms with Gasteiger partial charge in [-0.05, 0) is 34.1 Å². The highest BCUT2D eigenvalue weighted by molar-refractivity contribution is 9.10. The van der Waals surface area contributed by atoms with Crippen LogP contribution >= 0.6 is 27.3 Å². The van der Waals surface area contributed by atoms with Crippen molar-refractivity contribution in [1.29, 1.82) is 0 Å². The number of pyridine rings is 1. The molecule has 0 saturated carbocycles. The van der Waals surface area contributed by atoms with E-state index in [0.29, 0.717) is 0 Å². The summed E-state index contributed by atoms with van der Waals surface area (Å²) in [5.74, 6) is 0.798. The first-order chi connectivity index (χ1) is 10.1. The fourth-order valence-electron chi connectivity index (χ4n) is 2.37. The third-order valence-corrected chi connectivity index (χ3v) is 5.20. The van der Waals surface area contributed by atoms with Crippen LogP contribution in [0.5, 0.6) is 0 Å². The van der Waals surface area contributed by atoms with Crippen molar-refractivity contribution in [3.63, 3.8) is 0 Å². The molecule has 104 valence electrons. The highest BCUT2D eigenvalue weighted by Gasteiger charge is 2.13. The van der Waals surface area contributed by atoms with Crippen LogP contribution in [-0.2, 0) is 7.05 Å². The number of hydrogen-bond acceptors (Lipinski definition) is 3. The molecule has 0 spiro atoms. The molecular formula is C15H10BrN3OS. The SMILES string of the molecule is Cn1cc(Br)c2cc(-c3nc4ccccc4[nH]3)sc2c1=O. The van der Waals surface area contributed by atoms with Crippen LogP contribution in [0.3, 0.4) is 0 Å². The number of hydrogen-bond donors (Lipinski definition) is 1. The van der Waals surface area contributed by atoms with Crippen molar-refractivity contribution in [3.8, 4) is 10.7 Å². The first kappa shape index (κ1) is 12.8. The highest BCUT2D eigenvalue weighted by atomic mass is 79.9. The lowest BCUT2D eigenvalue weighted by Gasteiger charge is -1.98. The minimum atomic E-state index is 0.0144.